The van der Waals surface area contributed by atoms with E-state index >= 15 is 0 Å². The second-order valence-corrected chi connectivity index (χ2v) is 11.0. The van der Waals surface area contributed by atoms with Crippen LogP contribution in [0.4, 0.5) is 16.3 Å². The van der Waals surface area contributed by atoms with Gasteiger partial charge in [0.1, 0.15) is 23.9 Å². The van der Waals surface area contributed by atoms with Crippen molar-refractivity contribution in [1.29, 1.82) is 0 Å². The number of anilines is 2. The third kappa shape index (κ3) is 7.99. The van der Waals surface area contributed by atoms with E-state index in [0.717, 1.165) is 16.9 Å². The van der Waals surface area contributed by atoms with Crippen LogP contribution in [-0.2, 0) is 21.4 Å². The van der Waals surface area contributed by atoms with Gasteiger partial charge >= 0.3 is 6.03 Å². The molecule has 0 spiro atoms. The first-order valence-electron chi connectivity index (χ1n) is 14.4. The SMILES string of the molecule is COCC(=O)Cc1cc(Oc2ccc(NC(=O)Nc3cc(C(C)(C)C)nn3-c3ccc(C)cc3)c3[nH]ncc23)ccn1.[2H]CI. The third-order valence-electron chi connectivity index (χ3n) is 6.52. The van der Waals surface area contributed by atoms with Crippen molar-refractivity contribution in [1.82, 2.24) is 25.0 Å². The van der Waals surface area contributed by atoms with Gasteiger partial charge in [-0.3, -0.25) is 20.2 Å². The van der Waals surface area contributed by atoms with Gasteiger partial charge in [-0.2, -0.15) is 10.2 Å². The number of ether oxygens (including phenoxy) is 2. The van der Waals surface area contributed by atoms with Gasteiger partial charge in [-0.25, -0.2) is 9.48 Å². The van der Waals surface area contributed by atoms with E-state index < -0.39 is 6.03 Å². The van der Waals surface area contributed by atoms with Crippen molar-refractivity contribution in [2.45, 2.75) is 39.5 Å². The molecular weight excluding hydrogens is 673 g/mol. The lowest BCUT2D eigenvalue weighted by Gasteiger charge is -2.14. The number of hydrogen-bond acceptors (Lipinski definition) is 7. The molecule has 0 aliphatic carbocycles. The van der Waals surface area contributed by atoms with Gasteiger partial charge in [-0.15, -0.1) is 0 Å². The summed E-state index contributed by atoms with van der Waals surface area (Å²) < 4.78 is 18.9. The second-order valence-electron chi connectivity index (χ2n) is 11.0. The molecule has 44 heavy (non-hydrogen) atoms. The summed E-state index contributed by atoms with van der Waals surface area (Å²) in [4.78, 5) is 29.9. The number of Topliss-reactive ketones (excluding diaryl/α,β-unsaturated/α-hetero) is 1. The lowest BCUT2D eigenvalue weighted by atomic mass is 9.92. The van der Waals surface area contributed by atoms with Crippen molar-refractivity contribution in [2.24, 2.45) is 0 Å². The number of carbonyl (C=O) groups excluding carboxylic acids is 2. The van der Waals surface area contributed by atoms with Gasteiger partial charge in [0.2, 0.25) is 0 Å². The molecule has 0 saturated heterocycles. The monoisotopic (exact) mass is 710 g/mol. The molecular formula is C32H36IN7O4. The molecule has 0 aliphatic rings. The number of H-pyrrole nitrogens is 1. The first kappa shape index (κ1) is 31.1. The highest BCUT2D eigenvalue weighted by Gasteiger charge is 2.22. The van der Waals surface area contributed by atoms with Gasteiger partial charge in [0.15, 0.2) is 5.78 Å². The Morgan fingerprint density at radius 3 is 2.55 bits per heavy atom. The minimum absolute atomic E-state index is 0.0243. The van der Waals surface area contributed by atoms with Crippen LogP contribution in [0.3, 0.4) is 0 Å². The van der Waals surface area contributed by atoms with Crippen LogP contribution in [0.15, 0.2) is 67.0 Å². The first-order valence-corrected chi connectivity index (χ1v) is 15.2. The van der Waals surface area contributed by atoms with E-state index in [2.05, 4.69) is 46.6 Å². The molecule has 230 valence electrons. The maximum Gasteiger partial charge on any atom is 0.324 e. The zero-order valence-corrected chi connectivity index (χ0v) is 27.4. The van der Waals surface area contributed by atoms with Gasteiger partial charge in [-0.1, -0.05) is 61.1 Å². The maximum absolute atomic E-state index is 13.2. The molecule has 0 fully saturated rings. The molecule has 0 radical (unpaired) electrons. The van der Waals surface area contributed by atoms with E-state index in [1.165, 1.54) is 7.11 Å². The number of amides is 2. The fraction of sp³-hybridized carbons (Fsp3) is 0.281. The Hall–Kier alpha value is -4.30. The molecule has 5 rings (SSSR count). The number of nitrogens with zero attached hydrogens (tertiary/aromatic N) is 4. The predicted octanol–water partition coefficient (Wildman–Crippen LogP) is 7.00. The van der Waals surface area contributed by atoms with Crippen molar-refractivity contribution < 1.29 is 20.4 Å². The zero-order chi connectivity index (χ0) is 32.6. The number of fused-ring (bicyclic) bond motifs is 1. The highest BCUT2D eigenvalue weighted by molar-refractivity contribution is 14.1. The Labute approximate surface area is 271 Å². The molecule has 3 heterocycles. The van der Waals surface area contributed by atoms with Crippen LogP contribution in [0.1, 0.15) is 39.1 Å². The largest absolute Gasteiger partial charge is 0.456 e. The van der Waals surface area contributed by atoms with Gasteiger partial charge in [0.05, 0.1) is 46.3 Å². The molecule has 2 aromatic carbocycles. The van der Waals surface area contributed by atoms with Gasteiger partial charge < -0.3 is 14.8 Å². The number of alkyl halides is 1. The van der Waals surface area contributed by atoms with E-state index in [1.807, 2.05) is 59.8 Å². The summed E-state index contributed by atoms with van der Waals surface area (Å²) in [5, 5.41) is 18.4. The van der Waals surface area contributed by atoms with Crippen LogP contribution in [-0.4, -0.2) is 55.4 Å². The molecule has 0 unspecified atom stereocenters. The number of pyridine rings is 1. The molecule has 11 nitrogen and oxygen atoms in total. The lowest BCUT2D eigenvalue weighted by molar-refractivity contribution is -0.122. The summed E-state index contributed by atoms with van der Waals surface area (Å²) in [5.41, 5.74) is 4.29. The second kappa shape index (κ2) is 14.4. The smallest absolute Gasteiger partial charge is 0.324 e. The Balaban J connectivity index is 0.00000148. The standard InChI is InChI=1S/C31H33N7O4.CH3I/c1-19-6-8-21(9-7-19)38-28(16-27(37-38)31(2,3)4)35-30(40)34-25-10-11-26(24-17-33-36-29(24)25)42-23-12-13-32-20(15-23)14-22(39)18-41-5;1-2/h6-13,15-17H,14,18H2,1-5H3,(H,33,36)(H2,34,35,40);1H3/i;1D. The van der Waals surface area contributed by atoms with Crippen LogP contribution >= 0.6 is 22.6 Å². The zero-order valence-electron chi connectivity index (χ0n) is 26.3. The Bertz CT molecular complexity index is 1760. The number of aromatic amines is 1. The number of rotatable bonds is 9. The minimum atomic E-state index is -0.437. The van der Waals surface area contributed by atoms with E-state index in [0.29, 0.717) is 44.5 Å². The Morgan fingerprint density at radius 1 is 1.09 bits per heavy atom. The molecule has 2 amide bonds. The molecule has 12 heteroatoms. The summed E-state index contributed by atoms with van der Waals surface area (Å²) in [6, 6.07) is 16.3. The molecule has 0 atom stereocenters. The lowest BCUT2D eigenvalue weighted by Crippen LogP contribution is -2.21. The van der Waals surface area contributed by atoms with Crippen LogP contribution in [0.2, 0.25) is 0 Å². The maximum atomic E-state index is 13.2. The highest BCUT2D eigenvalue weighted by Crippen LogP contribution is 2.34. The molecule has 0 aliphatic heterocycles. The predicted molar refractivity (Wildman–Crippen MR) is 181 cm³/mol. The van der Waals surface area contributed by atoms with E-state index in [9.17, 15) is 9.59 Å². The number of benzene rings is 2. The number of carbonyl (C=O) groups is 2. The van der Waals surface area contributed by atoms with Crippen LogP contribution < -0.4 is 15.4 Å². The number of aryl methyl sites for hydroxylation is 1. The average Bonchev–Trinajstić information content (AvgIpc) is 3.64. The Morgan fingerprint density at radius 2 is 1.84 bits per heavy atom. The normalized spacial score (nSPS) is 11.4. The van der Waals surface area contributed by atoms with Gasteiger partial charge in [0.25, 0.3) is 0 Å². The van der Waals surface area contributed by atoms with Crippen molar-refractivity contribution in [3.63, 3.8) is 0 Å². The van der Waals surface area contributed by atoms with Crippen LogP contribution in [0.5, 0.6) is 11.5 Å². The fourth-order valence-corrected chi connectivity index (χ4v) is 4.35. The summed E-state index contributed by atoms with van der Waals surface area (Å²) >= 11 is 1.96. The Kier molecular flexibility index (Phi) is 10.2. The topological polar surface area (TPSA) is 136 Å². The number of ketones is 1. The van der Waals surface area contributed by atoms with Crippen molar-refractivity contribution in [3.8, 4) is 17.2 Å². The molecule has 0 saturated carbocycles. The number of nitrogens with one attached hydrogen (secondary N) is 3. The summed E-state index contributed by atoms with van der Waals surface area (Å²) in [5.74, 6) is 1.51. The number of hydrogen-bond donors (Lipinski definition) is 3. The van der Waals surface area contributed by atoms with E-state index in [1.54, 1.807) is 41.3 Å². The summed E-state index contributed by atoms with van der Waals surface area (Å²) in [7, 11) is 1.48. The van der Waals surface area contributed by atoms with Crippen molar-refractivity contribution in [2.75, 3.05) is 29.3 Å². The third-order valence-corrected chi connectivity index (χ3v) is 6.52. The summed E-state index contributed by atoms with van der Waals surface area (Å²) in [6.07, 6.45) is 3.36. The van der Waals surface area contributed by atoms with Crippen LogP contribution in [0, 0.1) is 6.92 Å². The minimum Gasteiger partial charge on any atom is -0.456 e. The van der Waals surface area contributed by atoms with Gasteiger partial charge in [-0.05, 0) is 42.2 Å². The molecule has 5 aromatic rings. The highest BCUT2D eigenvalue weighted by atomic mass is 127. The number of aromatic nitrogens is 5. The average molecular weight is 711 g/mol. The van der Waals surface area contributed by atoms with Crippen LogP contribution in [0.25, 0.3) is 16.6 Å². The van der Waals surface area contributed by atoms with E-state index in [4.69, 9.17) is 15.9 Å². The quantitative estimate of drug-likeness (QED) is 0.111. The van der Waals surface area contributed by atoms with Crippen molar-refractivity contribution in [3.05, 3.63) is 83.9 Å². The molecule has 3 N–H and O–H groups in total. The summed E-state index contributed by atoms with van der Waals surface area (Å²) in [6.45, 7) is 8.27. The number of methoxy groups -OCH3 is 1. The number of halogens is 1. The fourth-order valence-electron chi connectivity index (χ4n) is 4.35. The van der Waals surface area contributed by atoms with Crippen molar-refractivity contribution >= 4 is 56.8 Å². The molecule has 0 bridgehead atoms. The van der Waals surface area contributed by atoms with Gasteiger partial charge in [0, 0.05) is 32.2 Å². The van der Waals surface area contributed by atoms with E-state index in [-0.39, 0.29) is 24.2 Å². The first-order chi connectivity index (χ1) is 21.5. The number of urea groups is 1. The molecule has 3 aromatic heterocycles.